The van der Waals surface area contributed by atoms with Gasteiger partial charge in [0.05, 0.1) is 6.07 Å². The topological polar surface area (TPSA) is 73.2 Å². The second-order valence-corrected chi connectivity index (χ2v) is 10.6. The smallest absolute Gasteiger partial charge is 0.308 e. The Balaban J connectivity index is 1.16. The summed E-state index contributed by atoms with van der Waals surface area (Å²) in [7, 11) is 0. The lowest BCUT2D eigenvalue weighted by Gasteiger charge is -2.28. The van der Waals surface area contributed by atoms with E-state index in [9.17, 15) is 9.59 Å². The quantitative estimate of drug-likeness (QED) is 0.317. The molecule has 2 aliphatic rings. The number of rotatable bonds is 8. The molecule has 0 spiro atoms. The number of hydrogen-bond acceptors (Lipinski definition) is 3. The molecule has 5 rings (SSSR count). The molecule has 5 heteroatoms. The minimum Gasteiger partial charge on any atom is -0.308 e. The third-order valence-corrected chi connectivity index (χ3v) is 8.07. The van der Waals surface area contributed by atoms with Gasteiger partial charge in [-0.05, 0) is 96.9 Å². The number of hydrogen-bond donors (Lipinski definition) is 1. The summed E-state index contributed by atoms with van der Waals surface area (Å²) in [5, 5.41) is 11.6. The number of amides is 2. The van der Waals surface area contributed by atoms with Crippen LogP contribution in [0.15, 0.2) is 72.8 Å². The maximum Gasteiger partial charge on any atom is 0.326 e. The molecule has 5 nitrogen and oxygen atoms in total. The highest BCUT2D eigenvalue weighted by molar-refractivity contribution is 6.03. The zero-order chi connectivity index (χ0) is 26.3. The van der Waals surface area contributed by atoms with E-state index >= 15 is 0 Å². The molecule has 1 aliphatic heterocycles. The number of nitriles is 1. The van der Waals surface area contributed by atoms with Gasteiger partial charge in [0.1, 0.15) is 5.78 Å². The first kappa shape index (κ1) is 25.7. The summed E-state index contributed by atoms with van der Waals surface area (Å²) in [6.45, 7) is 0.685. The first-order valence-electron chi connectivity index (χ1n) is 13.9. The fraction of sp³-hybridized carbons (Fsp3) is 0.364. The summed E-state index contributed by atoms with van der Waals surface area (Å²) in [5.74, 6) is 1.38. The number of unbranched alkanes of at least 4 members (excludes halogenated alkanes) is 1. The number of ketones is 1. The maximum atomic E-state index is 12.8. The van der Waals surface area contributed by atoms with Crippen LogP contribution in [0.2, 0.25) is 0 Å². The lowest BCUT2D eigenvalue weighted by Crippen LogP contribution is -2.33. The fourth-order valence-electron chi connectivity index (χ4n) is 5.94. The number of nitrogens with zero attached hydrogens (tertiary/aromatic N) is 2. The number of carbonyl (C=O) groups is 2. The third-order valence-electron chi connectivity index (χ3n) is 8.07. The van der Waals surface area contributed by atoms with Crippen molar-refractivity contribution in [2.45, 2.75) is 63.7 Å². The average Bonchev–Trinajstić information content (AvgIpc) is 3.38. The molecule has 2 amide bonds. The van der Waals surface area contributed by atoms with E-state index in [1.165, 1.54) is 22.3 Å². The van der Waals surface area contributed by atoms with E-state index in [1.54, 1.807) is 0 Å². The Labute approximate surface area is 225 Å². The standard InChI is InChI=1S/C33H35N3O2/c34-20-5-4-8-31(37)22-24-9-11-25(12-10-24)26-13-15-27(16-14-26)28-17-18-32-29(23-28)19-21-36(32)33(38)35-30-6-2-1-3-7-30/h1-3,6-7,13-18,23-25H,4-5,8-12,19,21-22H2,(H,35,38). The highest BCUT2D eigenvalue weighted by atomic mass is 16.2. The van der Waals surface area contributed by atoms with Crippen LogP contribution < -0.4 is 10.2 Å². The molecule has 0 saturated heterocycles. The normalized spacial score (nSPS) is 18.4. The number of carbonyl (C=O) groups excluding carboxylic acids is 2. The minimum atomic E-state index is -0.0925. The molecule has 1 saturated carbocycles. The van der Waals surface area contributed by atoms with Gasteiger partial charge in [-0.3, -0.25) is 9.69 Å². The van der Waals surface area contributed by atoms with Crippen LogP contribution >= 0.6 is 0 Å². The van der Waals surface area contributed by atoms with Crippen LogP contribution in [0.25, 0.3) is 11.1 Å². The summed E-state index contributed by atoms with van der Waals surface area (Å²) in [4.78, 5) is 26.8. The summed E-state index contributed by atoms with van der Waals surface area (Å²) in [5.41, 5.74) is 6.75. The summed E-state index contributed by atoms with van der Waals surface area (Å²) in [6, 6.07) is 27.0. The SMILES string of the molecule is N#CCCCC(=O)CC1CCC(c2ccc(-c3ccc4c(c3)CCN4C(=O)Nc3ccccc3)cc2)CC1. The average molecular weight is 506 g/mol. The van der Waals surface area contributed by atoms with Crippen LogP contribution in [0.5, 0.6) is 0 Å². The molecule has 0 aromatic heterocycles. The van der Waals surface area contributed by atoms with Crippen molar-refractivity contribution in [3.8, 4) is 17.2 Å². The van der Waals surface area contributed by atoms with Crippen molar-refractivity contribution in [3.05, 3.63) is 83.9 Å². The van der Waals surface area contributed by atoms with E-state index in [-0.39, 0.29) is 6.03 Å². The number of nitrogens with one attached hydrogen (secondary N) is 1. The van der Waals surface area contributed by atoms with Crippen molar-refractivity contribution < 1.29 is 9.59 Å². The number of fused-ring (bicyclic) bond motifs is 1. The number of para-hydroxylation sites is 1. The van der Waals surface area contributed by atoms with Crippen LogP contribution in [0, 0.1) is 17.2 Å². The lowest BCUT2D eigenvalue weighted by molar-refractivity contribution is -0.120. The molecule has 194 valence electrons. The number of anilines is 2. The van der Waals surface area contributed by atoms with Gasteiger partial charge in [0.2, 0.25) is 0 Å². The van der Waals surface area contributed by atoms with Gasteiger partial charge in [0.15, 0.2) is 0 Å². The van der Waals surface area contributed by atoms with Crippen molar-refractivity contribution in [3.63, 3.8) is 0 Å². The van der Waals surface area contributed by atoms with Gasteiger partial charge < -0.3 is 5.32 Å². The van der Waals surface area contributed by atoms with Gasteiger partial charge in [-0.2, -0.15) is 5.26 Å². The van der Waals surface area contributed by atoms with Crippen molar-refractivity contribution >= 4 is 23.2 Å². The highest BCUT2D eigenvalue weighted by Crippen LogP contribution is 2.38. The molecule has 1 fully saturated rings. The predicted molar refractivity (Wildman–Crippen MR) is 152 cm³/mol. The van der Waals surface area contributed by atoms with E-state index in [0.717, 1.165) is 43.5 Å². The van der Waals surface area contributed by atoms with Crippen molar-refractivity contribution in [1.29, 1.82) is 5.26 Å². The molecular formula is C33H35N3O2. The molecule has 3 aromatic rings. The monoisotopic (exact) mass is 505 g/mol. The zero-order valence-electron chi connectivity index (χ0n) is 21.9. The minimum absolute atomic E-state index is 0.0925. The van der Waals surface area contributed by atoms with Gasteiger partial charge in [-0.15, -0.1) is 0 Å². The Bertz CT molecular complexity index is 1300. The Morgan fingerprint density at radius 1 is 0.921 bits per heavy atom. The Morgan fingerprint density at radius 2 is 1.66 bits per heavy atom. The first-order valence-corrected chi connectivity index (χ1v) is 13.9. The number of urea groups is 1. The number of Topliss-reactive ketones (excluding diaryl/α,β-unsaturated/α-hetero) is 1. The lowest BCUT2D eigenvalue weighted by atomic mass is 9.76. The maximum absolute atomic E-state index is 12.8. The predicted octanol–water partition coefficient (Wildman–Crippen LogP) is 7.88. The van der Waals surface area contributed by atoms with Crippen molar-refractivity contribution in [2.24, 2.45) is 5.92 Å². The van der Waals surface area contributed by atoms with Crippen molar-refractivity contribution in [1.82, 2.24) is 0 Å². The Hall–Kier alpha value is -3.91. The van der Waals surface area contributed by atoms with Crippen LogP contribution in [0.3, 0.4) is 0 Å². The highest BCUT2D eigenvalue weighted by Gasteiger charge is 2.26. The van der Waals surface area contributed by atoms with Crippen LogP contribution in [0.1, 0.15) is 68.4 Å². The van der Waals surface area contributed by atoms with E-state index in [1.807, 2.05) is 35.2 Å². The third kappa shape index (κ3) is 6.14. The van der Waals surface area contributed by atoms with E-state index in [2.05, 4.69) is 53.9 Å². The van der Waals surface area contributed by atoms with Crippen LogP contribution in [0.4, 0.5) is 16.2 Å². The summed E-state index contributed by atoms with van der Waals surface area (Å²) in [6.07, 6.45) is 7.74. The molecule has 0 radical (unpaired) electrons. The molecule has 38 heavy (non-hydrogen) atoms. The summed E-state index contributed by atoms with van der Waals surface area (Å²) < 4.78 is 0. The van der Waals surface area contributed by atoms with E-state index in [0.29, 0.717) is 49.8 Å². The van der Waals surface area contributed by atoms with Crippen LogP contribution in [-0.4, -0.2) is 18.4 Å². The van der Waals surface area contributed by atoms with Crippen molar-refractivity contribution in [2.75, 3.05) is 16.8 Å². The molecular weight excluding hydrogens is 470 g/mol. The number of benzene rings is 3. The molecule has 0 atom stereocenters. The zero-order valence-corrected chi connectivity index (χ0v) is 21.9. The molecule has 0 unspecified atom stereocenters. The second-order valence-electron chi connectivity index (χ2n) is 10.6. The molecule has 0 bridgehead atoms. The first-order chi connectivity index (χ1) is 18.6. The Morgan fingerprint density at radius 3 is 2.39 bits per heavy atom. The van der Waals surface area contributed by atoms with Gasteiger partial charge in [0.25, 0.3) is 0 Å². The van der Waals surface area contributed by atoms with Gasteiger partial charge in [0, 0.05) is 37.2 Å². The largest absolute Gasteiger partial charge is 0.326 e. The molecule has 1 aliphatic carbocycles. The molecule has 3 aromatic carbocycles. The molecule has 1 heterocycles. The Kier molecular flexibility index (Phi) is 8.19. The van der Waals surface area contributed by atoms with E-state index < -0.39 is 0 Å². The van der Waals surface area contributed by atoms with Crippen LogP contribution in [-0.2, 0) is 11.2 Å². The van der Waals surface area contributed by atoms with Gasteiger partial charge >= 0.3 is 6.03 Å². The molecule has 1 N–H and O–H groups in total. The fourth-order valence-corrected chi connectivity index (χ4v) is 5.94. The summed E-state index contributed by atoms with van der Waals surface area (Å²) >= 11 is 0. The van der Waals surface area contributed by atoms with Gasteiger partial charge in [-0.25, -0.2) is 4.79 Å². The van der Waals surface area contributed by atoms with E-state index in [4.69, 9.17) is 5.26 Å². The van der Waals surface area contributed by atoms with Gasteiger partial charge in [-0.1, -0.05) is 48.5 Å². The second kappa shape index (κ2) is 12.1.